The molecule has 0 spiro atoms. The van der Waals surface area contributed by atoms with E-state index in [9.17, 15) is 0 Å². The molecule has 2 N–H and O–H groups in total. The van der Waals surface area contributed by atoms with Crippen molar-refractivity contribution in [1.29, 1.82) is 0 Å². The van der Waals surface area contributed by atoms with Gasteiger partial charge in [0, 0.05) is 30.5 Å². The smallest absolute Gasteiger partial charge is 0.157 e. The molecule has 0 atom stereocenters. The molecule has 0 aliphatic rings. The number of aromatic nitrogens is 2. The van der Waals surface area contributed by atoms with E-state index >= 15 is 0 Å². The zero-order valence-corrected chi connectivity index (χ0v) is 12.8. The van der Waals surface area contributed by atoms with Crippen molar-refractivity contribution in [3.8, 4) is 0 Å². The molecule has 0 fully saturated rings. The van der Waals surface area contributed by atoms with Crippen LogP contribution in [0, 0.1) is 0 Å². The molecule has 1 aromatic carbocycles. The number of thiocarbonyl (C=S) groups is 1. The van der Waals surface area contributed by atoms with Gasteiger partial charge in [-0.3, -0.25) is 0 Å². The van der Waals surface area contributed by atoms with E-state index in [4.69, 9.17) is 18.0 Å². The Bertz CT molecular complexity index is 585. The van der Waals surface area contributed by atoms with Crippen molar-refractivity contribution in [1.82, 2.24) is 9.97 Å². The lowest BCUT2D eigenvalue weighted by Crippen LogP contribution is -2.23. The zero-order valence-electron chi connectivity index (χ0n) is 10.4. The zero-order chi connectivity index (χ0) is 13.8. The van der Waals surface area contributed by atoms with Gasteiger partial charge in [0.2, 0.25) is 0 Å². The maximum atomic E-state index is 5.66. The summed E-state index contributed by atoms with van der Waals surface area (Å²) in [6, 6.07) is 8.12. The van der Waals surface area contributed by atoms with Gasteiger partial charge in [-0.1, -0.05) is 40.3 Å². The minimum atomic E-state index is 0.255. The van der Waals surface area contributed by atoms with Crippen molar-refractivity contribution < 1.29 is 0 Å². The predicted molar refractivity (Wildman–Crippen MR) is 84.2 cm³/mol. The molecule has 19 heavy (non-hydrogen) atoms. The van der Waals surface area contributed by atoms with E-state index in [0.717, 1.165) is 4.47 Å². The number of anilines is 1. The van der Waals surface area contributed by atoms with Crippen LogP contribution in [0.1, 0.15) is 11.3 Å². The molecule has 0 radical (unpaired) electrons. The molecule has 0 bridgehead atoms. The fourth-order valence-corrected chi connectivity index (χ4v) is 2.13. The van der Waals surface area contributed by atoms with Crippen LogP contribution in [0.15, 0.2) is 41.1 Å². The average molecular weight is 337 g/mol. The summed E-state index contributed by atoms with van der Waals surface area (Å²) in [5.74, 6) is 0.693. The minimum Gasteiger partial charge on any atom is -0.388 e. The Balaban J connectivity index is 2.22. The number of halogens is 1. The standard InChI is InChI=1S/C13H13BrN4S/c1-18(8-9-2-4-10(14)5-3-9)13-11(12(15)19)16-6-7-17-13/h2-7H,8H2,1H3,(H2,15,19). The first kappa shape index (κ1) is 13.9. The molecule has 0 amide bonds. The van der Waals surface area contributed by atoms with Crippen LogP contribution in [0.4, 0.5) is 5.82 Å². The predicted octanol–water partition coefficient (Wildman–Crippen LogP) is 2.51. The molecule has 4 nitrogen and oxygen atoms in total. The van der Waals surface area contributed by atoms with E-state index in [2.05, 4.69) is 38.0 Å². The lowest BCUT2D eigenvalue weighted by molar-refractivity contribution is 0.887. The first-order valence-corrected chi connectivity index (χ1v) is 6.84. The van der Waals surface area contributed by atoms with Gasteiger partial charge in [-0.15, -0.1) is 0 Å². The number of rotatable bonds is 4. The summed E-state index contributed by atoms with van der Waals surface area (Å²) in [7, 11) is 1.94. The Morgan fingerprint density at radius 1 is 1.26 bits per heavy atom. The van der Waals surface area contributed by atoms with E-state index in [1.54, 1.807) is 12.4 Å². The molecule has 2 aromatic rings. The highest BCUT2D eigenvalue weighted by Crippen LogP contribution is 2.17. The van der Waals surface area contributed by atoms with Crippen molar-refractivity contribution in [3.05, 3.63) is 52.4 Å². The van der Waals surface area contributed by atoms with Gasteiger partial charge in [-0.25, -0.2) is 9.97 Å². The summed E-state index contributed by atoms with van der Waals surface area (Å²) < 4.78 is 1.06. The van der Waals surface area contributed by atoms with Crippen molar-refractivity contribution >= 4 is 39.0 Å². The highest BCUT2D eigenvalue weighted by Gasteiger charge is 2.12. The Labute approximate surface area is 125 Å². The van der Waals surface area contributed by atoms with Crippen LogP contribution in [0.2, 0.25) is 0 Å². The third-order valence-electron chi connectivity index (χ3n) is 2.61. The maximum absolute atomic E-state index is 5.66. The van der Waals surface area contributed by atoms with Gasteiger partial charge in [0.05, 0.1) is 0 Å². The van der Waals surface area contributed by atoms with Crippen molar-refractivity contribution in [2.75, 3.05) is 11.9 Å². The van der Waals surface area contributed by atoms with Crippen LogP contribution in [-0.2, 0) is 6.54 Å². The Hall–Kier alpha value is -1.53. The van der Waals surface area contributed by atoms with Crippen LogP contribution in [0.3, 0.4) is 0 Å². The number of nitrogens with zero attached hydrogens (tertiary/aromatic N) is 3. The minimum absolute atomic E-state index is 0.255. The SMILES string of the molecule is CN(Cc1ccc(Br)cc1)c1nccnc1C(N)=S. The van der Waals surface area contributed by atoms with Crippen LogP contribution in [0.5, 0.6) is 0 Å². The molecule has 0 aliphatic heterocycles. The molecule has 0 saturated carbocycles. The Kier molecular flexibility index (Phi) is 4.44. The molecule has 0 saturated heterocycles. The molecular formula is C13H13BrN4S. The van der Waals surface area contributed by atoms with Gasteiger partial charge in [0.1, 0.15) is 10.7 Å². The lowest BCUT2D eigenvalue weighted by Gasteiger charge is -2.20. The molecule has 6 heteroatoms. The van der Waals surface area contributed by atoms with E-state index in [0.29, 0.717) is 18.1 Å². The van der Waals surface area contributed by atoms with Gasteiger partial charge < -0.3 is 10.6 Å². The molecule has 98 valence electrons. The first-order valence-electron chi connectivity index (χ1n) is 5.64. The number of hydrogen-bond donors (Lipinski definition) is 1. The Morgan fingerprint density at radius 2 is 1.89 bits per heavy atom. The number of hydrogen-bond acceptors (Lipinski definition) is 4. The summed E-state index contributed by atoms with van der Waals surface area (Å²) in [4.78, 5) is 10.7. The quantitative estimate of drug-likeness (QED) is 0.869. The summed E-state index contributed by atoms with van der Waals surface area (Å²) in [6.45, 7) is 0.710. The summed E-state index contributed by atoms with van der Waals surface area (Å²) in [5.41, 5.74) is 7.39. The summed E-state index contributed by atoms with van der Waals surface area (Å²) in [5, 5.41) is 0. The monoisotopic (exact) mass is 336 g/mol. The number of benzene rings is 1. The highest BCUT2D eigenvalue weighted by atomic mass is 79.9. The molecule has 2 rings (SSSR count). The fourth-order valence-electron chi connectivity index (χ4n) is 1.72. The van der Waals surface area contributed by atoms with Crippen LogP contribution in [-0.4, -0.2) is 22.0 Å². The highest BCUT2D eigenvalue weighted by molar-refractivity contribution is 9.10. The third-order valence-corrected chi connectivity index (χ3v) is 3.33. The van der Waals surface area contributed by atoms with Crippen LogP contribution in [0.25, 0.3) is 0 Å². The first-order chi connectivity index (χ1) is 9.08. The van der Waals surface area contributed by atoms with E-state index in [-0.39, 0.29) is 4.99 Å². The summed E-state index contributed by atoms with van der Waals surface area (Å²) in [6.07, 6.45) is 3.22. The van der Waals surface area contributed by atoms with Crippen LogP contribution >= 0.6 is 28.1 Å². The van der Waals surface area contributed by atoms with Crippen molar-refractivity contribution in [3.63, 3.8) is 0 Å². The lowest BCUT2D eigenvalue weighted by atomic mass is 10.2. The van der Waals surface area contributed by atoms with Crippen LogP contribution < -0.4 is 10.6 Å². The second-order valence-corrected chi connectivity index (χ2v) is 5.43. The van der Waals surface area contributed by atoms with Gasteiger partial charge in [0.25, 0.3) is 0 Å². The second-order valence-electron chi connectivity index (χ2n) is 4.08. The van der Waals surface area contributed by atoms with Gasteiger partial charge in [-0.2, -0.15) is 0 Å². The van der Waals surface area contributed by atoms with Crippen molar-refractivity contribution in [2.45, 2.75) is 6.54 Å². The number of nitrogens with two attached hydrogens (primary N) is 1. The molecule has 0 aliphatic carbocycles. The maximum Gasteiger partial charge on any atom is 0.157 e. The largest absolute Gasteiger partial charge is 0.388 e. The molecular weight excluding hydrogens is 324 g/mol. The van der Waals surface area contributed by atoms with Crippen molar-refractivity contribution in [2.24, 2.45) is 5.73 Å². The topological polar surface area (TPSA) is 55.0 Å². The fraction of sp³-hybridized carbons (Fsp3) is 0.154. The Morgan fingerprint density at radius 3 is 2.53 bits per heavy atom. The van der Waals surface area contributed by atoms with Gasteiger partial charge >= 0.3 is 0 Å². The molecule has 1 heterocycles. The molecule has 1 aromatic heterocycles. The normalized spacial score (nSPS) is 10.2. The second kappa shape index (κ2) is 6.08. The van der Waals surface area contributed by atoms with Gasteiger partial charge in [0.15, 0.2) is 5.82 Å². The molecule has 0 unspecified atom stereocenters. The average Bonchev–Trinajstić information content (AvgIpc) is 2.41. The van der Waals surface area contributed by atoms with E-state index < -0.39 is 0 Å². The summed E-state index contributed by atoms with van der Waals surface area (Å²) >= 11 is 8.41. The van der Waals surface area contributed by atoms with E-state index in [1.807, 2.05) is 24.1 Å². The van der Waals surface area contributed by atoms with Gasteiger partial charge in [-0.05, 0) is 17.7 Å². The third kappa shape index (κ3) is 3.48. The van der Waals surface area contributed by atoms with E-state index in [1.165, 1.54) is 5.56 Å².